The van der Waals surface area contributed by atoms with Gasteiger partial charge >= 0.3 is 30.8 Å². The maximum atomic E-state index is 4.80. The molecule has 0 aromatic carbocycles. The van der Waals surface area contributed by atoms with Gasteiger partial charge in [-0.05, 0) is 0 Å². The molecule has 0 aliphatic carbocycles. The van der Waals surface area contributed by atoms with Crippen molar-refractivity contribution in [1.82, 2.24) is 0 Å². The Bertz CT molecular complexity index is 79.2. The Kier molecular flexibility index (Phi) is 20.2. The van der Waals surface area contributed by atoms with Crippen molar-refractivity contribution in [2.24, 2.45) is 0 Å². The Morgan fingerprint density at radius 1 is 1.25 bits per heavy atom. The zero-order chi connectivity index (χ0) is 2.71. The molecular weight excluding hydrogens is 178 g/mol. The van der Waals surface area contributed by atoms with Gasteiger partial charge < -0.3 is 0 Å². The fourth-order valence-corrected chi connectivity index (χ4v) is 0. The molecule has 0 unspecified atom stereocenters. The molecule has 0 aliphatic heterocycles. The average Bonchev–Trinajstić information content (AvgIpc) is 0.918. The van der Waals surface area contributed by atoms with Crippen LogP contribution in [0.25, 0.3) is 0 Å². The SMILES string of the molecule is [B]#[Zr]#[B].[Zn]. The smallest absolute Gasteiger partial charge is 0 e. The van der Waals surface area contributed by atoms with E-state index in [9.17, 15) is 0 Å². The molecule has 0 heterocycles. The summed E-state index contributed by atoms with van der Waals surface area (Å²) in [6, 6.07) is 0. The molecule has 0 fully saturated rings. The van der Waals surface area contributed by atoms with Crippen molar-refractivity contribution < 1.29 is 40.8 Å². The Morgan fingerprint density at radius 2 is 1.25 bits per heavy atom. The molecule has 4 heavy (non-hydrogen) atoms. The summed E-state index contributed by atoms with van der Waals surface area (Å²) in [6.45, 7) is 0. The molecule has 0 atom stereocenters. The first-order valence-electron chi connectivity index (χ1n) is 0.577. The van der Waals surface area contributed by atoms with Crippen LogP contribution in [0.1, 0.15) is 0 Å². The van der Waals surface area contributed by atoms with E-state index in [0.717, 1.165) is 0 Å². The summed E-state index contributed by atoms with van der Waals surface area (Å²) in [5.41, 5.74) is 0. The minimum Gasteiger partial charge on any atom is 0 e. The fourth-order valence-electron chi connectivity index (χ4n) is 0. The fraction of sp³-hybridized carbons (Fsp3) is 0. The van der Waals surface area contributed by atoms with Gasteiger partial charge in [-0.1, -0.05) is 0 Å². The van der Waals surface area contributed by atoms with Crippen LogP contribution in [-0.4, -0.2) is 9.45 Å². The molecule has 0 nitrogen and oxygen atoms in total. The molecule has 0 saturated heterocycles. The van der Waals surface area contributed by atoms with Crippen molar-refractivity contribution in [2.45, 2.75) is 0 Å². The van der Waals surface area contributed by atoms with Crippen molar-refractivity contribution in [1.29, 1.82) is 0 Å². The van der Waals surface area contributed by atoms with E-state index in [1.807, 2.05) is 0 Å². The molecule has 0 N–H and O–H groups in total. The second kappa shape index (κ2) is 8.82. The largest absolute Gasteiger partial charge is 0 e. The number of hydrogen-bond donors (Lipinski definition) is 0. The van der Waals surface area contributed by atoms with Crippen LogP contribution in [0.15, 0.2) is 0 Å². The summed E-state index contributed by atoms with van der Waals surface area (Å²) in [7, 11) is 0. The summed E-state index contributed by atoms with van der Waals surface area (Å²) >= 11 is -0.770. The van der Waals surface area contributed by atoms with E-state index in [-0.39, 0.29) is 19.5 Å². The summed E-state index contributed by atoms with van der Waals surface area (Å²) in [5, 5.41) is 0. The third kappa shape index (κ3) is 9.44. The van der Waals surface area contributed by atoms with E-state index in [0.29, 0.717) is 0 Å². The Balaban J connectivity index is 0. The number of hydrogen-bond acceptors (Lipinski definition) is 0. The van der Waals surface area contributed by atoms with Crippen LogP contribution < -0.4 is 0 Å². The molecule has 12 valence electrons. The van der Waals surface area contributed by atoms with Crippen LogP contribution in [-0.2, 0) is 40.8 Å². The maximum Gasteiger partial charge on any atom is 0 e. The van der Waals surface area contributed by atoms with Gasteiger partial charge in [0.15, 0.2) is 0 Å². The van der Waals surface area contributed by atoms with Gasteiger partial charge in [-0.15, -0.1) is 0 Å². The van der Waals surface area contributed by atoms with Gasteiger partial charge in [0.2, 0.25) is 0 Å². The van der Waals surface area contributed by atoms with Gasteiger partial charge in [0.25, 0.3) is 0 Å². The first kappa shape index (κ1) is 9.16. The predicted octanol–water partition coefficient (Wildman–Crippen LogP) is -0.767. The van der Waals surface area contributed by atoms with Crippen LogP contribution in [0.2, 0.25) is 0 Å². The van der Waals surface area contributed by atoms with Crippen molar-refractivity contribution >= 4 is 9.45 Å². The van der Waals surface area contributed by atoms with Crippen LogP contribution in [0.3, 0.4) is 0 Å². The molecule has 0 spiro atoms. The topological polar surface area (TPSA) is 0 Å². The van der Waals surface area contributed by atoms with Crippen molar-refractivity contribution in [3.8, 4) is 0 Å². The van der Waals surface area contributed by atoms with E-state index in [1.165, 1.54) is 0 Å². The summed E-state index contributed by atoms with van der Waals surface area (Å²) in [4.78, 5) is 0. The molecule has 0 rings (SSSR count). The first-order chi connectivity index (χ1) is 1.41. The quantitative estimate of drug-likeness (QED) is 0.427. The Morgan fingerprint density at radius 3 is 1.25 bits per heavy atom. The van der Waals surface area contributed by atoms with Gasteiger partial charge in [-0.2, -0.15) is 0 Å². The monoisotopic (exact) mass is 176 g/mol. The van der Waals surface area contributed by atoms with E-state index >= 15 is 0 Å². The molecule has 0 radical (unpaired) electrons. The zero-order valence-electron chi connectivity index (χ0n) is 2.36. The van der Waals surface area contributed by atoms with E-state index in [4.69, 9.17) is 9.45 Å². The van der Waals surface area contributed by atoms with Crippen molar-refractivity contribution in [3.05, 3.63) is 0 Å². The molecule has 0 aromatic heterocycles. The zero-order valence-corrected chi connectivity index (χ0v) is 7.79. The van der Waals surface area contributed by atoms with E-state index in [1.54, 1.807) is 0 Å². The van der Waals surface area contributed by atoms with Crippen LogP contribution >= 0.6 is 0 Å². The van der Waals surface area contributed by atoms with Gasteiger partial charge in [0.1, 0.15) is 0 Å². The second-order valence-corrected chi connectivity index (χ2v) is 0.986. The molecule has 4 heteroatoms. The minimum absolute atomic E-state index is 0. The minimum atomic E-state index is -0.770. The molecule has 0 saturated carbocycles. The van der Waals surface area contributed by atoms with Gasteiger partial charge in [-0.25, -0.2) is 0 Å². The first-order valence-corrected chi connectivity index (χ1v) is 3.42. The van der Waals surface area contributed by atoms with E-state index in [2.05, 4.69) is 0 Å². The molecule has 0 amide bonds. The molecule has 0 bridgehead atoms. The average molecular weight is 178 g/mol. The van der Waals surface area contributed by atoms with Crippen LogP contribution in [0.4, 0.5) is 0 Å². The van der Waals surface area contributed by atoms with Crippen molar-refractivity contribution in [3.63, 3.8) is 0 Å². The maximum absolute atomic E-state index is 4.80. The predicted molar refractivity (Wildman–Crippen MR) is 11.5 cm³/mol. The van der Waals surface area contributed by atoms with Gasteiger partial charge in [0, 0.05) is 19.5 Å². The Hall–Kier alpha value is 1.64. The van der Waals surface area contributed by atoms with Gasteiger partial charge in [-0.3, -0.25) is 0 Å². The second-order valence-electron chi connectivity index (χ2n) is 0.167. The number of rotatable bonds is 0. The van der Waals surface area contributed by atoms with E-state index < -0.39 is 21.3 Å². The molecule has 0 aliphatic rings. The third-order valence-corrected chi connectivity index (χ3v) is 0. The van der Waals surface area contributed by atoms with Crippen molar-refractivity contribution in [2.75, 3.05) is 0 Å². The van der Waals surface area contributed by atoms with Gasteiger partial charge in [0.05, 0.1) is 0 Å². The summed E-state index contributed by atoms with van der Waals surface area (Å²) in [6.07, 6.45) is 0. The Labute approximate surface area is 49.9 Å². The normalized spacial score (nSPS) is 6.00. The van der Waals surface area contributed by atoms with Crippen LogP contribution in [0, 0.1) is 0 Å². The summed E-state index contributed by atoms with van der Waals surface area (Å²) in [5.74, 6) is 0. The standard InChI is InChI=1S/2B.Zn.Zr. The summed E-state index contributed by atoms with van der Waals surface area (Å²) < 4.78 is 9.59. The molecular formula is B2ZnZr. The third-order valence-electron chi connectivity index (χ3n) is 0. The van der Waals surface area contributed by atoms with Crippen LogP contribution in [0.5, 0.6) is 0 Å². The molecule has 0 aromatic rings.